The van der Waals surface area contributed by atoms with Gasteiger partial charge in [0.05, 0.1) is 5.92 Å². The van der Waals surface area contributed by atoms with Crippen molar-refractivity contribution in [2.75, 3.05) is 0 Å². The van der Waals surface area contributed by atoms with Crippen molar-refractivity contribution in [2.45, 2.75) is 50.6 Å². The first-order valence-corrected chi connectivity index (χ1v) is 12.3. The normalized spacial score (nSPS) is 12.4. The smallest absolute Gasteiger partial charge is 0.339 e. The minimum atomic E-state index is -4.07. The molecule has 5 nitrogen and oxygen atoms in total. The van der Waals surface area contributed by atoms with E-state index >= 15 is 0 Å². The van der Waals surface area contributed by atoms with Crippen LogP contribution in [-0.2, 0) is 21.5 Å². The second kappa shape index (κ2) is 10.6. The van der Waals surface area contributed by atoms with E-state index in [9.17, 15) is 17.6 Å². The first-order chi connectivity index (χ1) is 15.7. The van der Waals surface area contributed by atoms with Gasteiger partial charge in [0.1, 0.15) is 16.5 Å². The summed E-state index contributed by atoms with van der Waals surface area (Å²) in [6, 6.07) is 20.7. The van der Waals surface area contributed by atoms with E-state index in [0.29, 0.717) is 13.0 Å². The van der Waals surface area contributed by atoms with Gasteiger partial charge in [-0.15, -0.1) is 0 Å². The van der Waals surface area contributed by atoms with Crippen LogP contribution in [0.2, 0.25) is 0 Å². The molecule has 3 rings (SSSR count). The topological polar surface area (TPSA) is 63.7 Å². The molecule has 0 N–H and O–H groups in total. The molecule has 3 aromatic rings. The lowest BCUT2D eigenvalue weighted by atomic mass is 9.94. The second-order valence-corrected chi connectivity index (χ2v) is 9.61. The van der Waals surface area contributed by atoms with E-state index in [1.54, 1.807) is 24.3 Å². The van der Waals surface area contributed by atoms with Gasteiger partial charge >= 0.3 is 10.1 Å². The molecular formula is C26H28FNO4S. The zero-order chi connectivity index (χ0) is 24.0. The molecular weight excluding hydrogens is 441 g/mol. The van der Waals surface area contributed by atoms with Gasteiger partial charge in [0.15, 0.2) is 0 Å². The van der Waals surface area contributed by atoms with Crippen molar-refractivity contribution in [3.8, 4) is 5.75 Å². The Balaban J connectivity index is 1.73. The number of hydrogen-bond donors (Lipinski definition) is 0. The van der Waals surface area contributed by atoms with Crippen LogP contribution in [0.3, 0.4) is 0 Å². The molecule has 0 fully saturated rings. The molecule has 33 heavy (non-hydrogen) atoms. The van der Waals surface area contributed by atoms with E-state index in [0.717, 1.165) is 35.4 Å². The third-order valence-corrected chi connectivity index (χ3v) is 6.66. The number of carbonyl (C=O) groups is 1. The molecule has 174 valence electrons. The Kier molecular flexibility index (Phi) is 7.87. The van der Waals surface area contributed by atoms with Crippen LogP contribution in [0.1, 0.15) is 44.2 Å². The van der Waals surface area contributed by atoms with Crippen LogP contribution in [0.15, 0.2) is 83.8 Å². The fourth-order valence-corrected chi connectivity index (χ4v) is 4.51. The Labute approximate surface area is 194 Å². The molecule has 1 atom stereocenters. The summed E-state index contributed by atoms with van der Waals surface area (Å²) in [6.45, 7) is 6.34. The minimum Gasteiger partial charge on any atom is -0.379 e. The number of amides is 1. The van der Waals surface area contributed by atoms with Gasteiger partial charge < -0.3 is 9.08 Å². The molecule has 0 radical (unpaired) electrons. The predicted octanol–water partition coefficient (Wildman–Crippen LogP) is 5.52. The Morgan fingerprint density at radius 1 is 0.939 bits per heavy atom. The van der Waals surface area contributed by atoms with Crippen molar-refractivity contribution >= 4 is 16.0 Å². The third-order valence-electron chi connectivity index (χ3n) is 5.40. The summed E-state index contributed by atoms with van der Waals surface area (Å²) in [5.74, 6) is -0.559. The molecule has 7 heteroatoms. The van der Waals surface area contributed by atoms with Gasteiger partial charge in [-0.25, -0.2) is 4.39 Å². The lowest BCUT2D eigenvalue weighted by Gasteiger charge is -2.31. The van der Waals surface area contributed by atoms with Crippen molar-refractivity contribution in [3.05, 3.63) is 95.8 Å². The summed E-state index contributed by atoms with van der Waals surface area (Å²) >= 11 is 0. The summed E-state index contributed by atoms with van der Waals surface area (Å²) in [5.41, 5.74) is 1.84. The van der Waals surface area contributed by atoms with E-state index in [1.165, 1.54) is 0 Å². The Hall–Kier alpha value is -3.19. The highest BCUT2D eigenvalue weighted by molar-refractivity contribution is 7.87. The van der Waals surface area contributed by atoms with E-state index in [1.807, 2.05) is 56.0 Å². The number of rotatable bonds is 9. The maximum Gasteiger partial charge on any atom is 0.339 e. The first-order valence-electron chi connectivity index (χ1n) is 10.9. The maximum atomic E-state index is 13.4. The molecule has 3 aromatic carbocycles. The third kappa shape index (κ3) is 6.20. The molecule has 1 unspecified atom stereocenters. The molecule has 0 aliphatic rings. The molecule has 0 spiro atoms. The van der Waals surface area contributed by atoms with E-state index in [2.05, 4.69) is 0 Å². The summed E-state index contributed by atoms with van der Waals surface area (Å²) < 4.78 is 43.0. The van der Waals surface area contributed by atoms with Crippen molar-refractivity contribution in [2.24, 2.45) is 0 Å². The quantitative estimate of drug-likeness (QED) is 0.387. The van der Waals surface area contributed by atoms with Crippen LogP contribution < -0.4 is 4.18 Å². The average molecular weight is 470 g/mol. The standard InChI is InChI=1S/C26H28FNO4S/c1-4-25(21-8-6-5-7-9-21)26(29)28(19(2)3)18-20-10-14-23(15-11-20)32-33(30,31)24-16-12-22(27)13-17-24/h5-17,19,25H,4,18H2,1-3H3. The lowest BCUT2D eigenvalue weighted by Crippen LogP contribution is -2.39. The summed E-state index contributed by atoms with van der Waals surface area (Å²) in [5, 5.41) is 0. The van der Waals surface area contributed by atoms with Gasteiger partial charge in [0.2, 0.25) is 5.91 Å². The fraction of sp³-hybridized carbons (Fsp3) is 0.269. The lowest BCUT2D eigenvalue weighted by molar-refractivity contribution is -0.135. The predicted molar refractivity (Wildman–Crippen MR) is 126 cm³/mol. The fourth-order valence-electron chi connectivity index (χ4n) is 3.58. The SMILES string of the molecule is CCC(C(=O)N(Cc1ccc(OS(=O)(=O)c2ccc(F)cc2)cc1)C(C)C)c1ccccc1. The van der Waals surface area contributed by atoms with Crippen molar-refractivity contribution in [1.29, 1.82) is 0 Å². The number of benzene rings is 3. The van der Waals surface area contributed by atoms with Crippen molar-refractivity contribution in [1.82, 2.24) is 4.90 Å². The monoisotopic (exact) mass is 469 g/mol. The van der Waals surface area contributed by atoms with Crippen LogP contribution in [0.4, 0.5) is 4.39 Å². The molecule has 0 aliphatic carbocycles. The van der Waals surface area contributed by atoms with Crippen molar-refractivity contribution in [3.63, 3.8) is 0 Å². The van der Waals surface area contributed by atoms with Crippen LogP contribution >= 0.6 is 0 Å². The van der Waals surface area contributed by atoms with E-state index in [4.69, 9.17) is 4.18 Å². The number of nitrogens with zero attached hydrogens (tertiary/aromatic N) is 1. The largest absolute Gasteiger partial charge is 0.379 e. The van der Waals surface area contributed by atoms with Gasteiger partial charge in [0.25, 0.3) is 0 Å². The van der Waals surface area contributed by atoms with Gasteiger partial charge in [-0.2, -0.15) is 8.42 Å². The molecule has 1 amide bonds. The van der Waals surface area contributed by atoms with E-state index in [-0.39, 0.29) is 28.5 Å². The highest BCUT2D eigenvalue weighted by atomic mass is 32.2. The zero-order valence-electron chi connectivity index (χ0n) is 18.9. The molecule has 0 bridgehead atoms. The Bertz CT molecular complexity index is 1160. The van der Waals surface area contributed by atoms with Gasteiger partial charge in [-0.05, 0) is 67.8 Å². The van der Waals surface area contributed by atoms with Crippen molar-refractivity contribution < 1.29 is 21.8 Å². The molecule has 0 aromatic heterocycles. The molecule has 0 saturated carbocycles. The first kappa shape index (κ1) is 24.5. The number of carbonyl (C=O) groups excluding carboxylic acids is 1. The Morgan fingerprint density at radius 2 is 1.55 bits per heavy atom. The number of hydrogen-bond acceptors (Lipinski definition) is 4. The summed E-state index contributed by atoms with van der Waals surface area (Å²) in [4.78, 5) is 15.0. The highest BCUT2D eigenvalue weighted by Crippen LogP contribution is 2.25. The summed E-state index contributed by atoms with van der Waals surface area (Å²) in [7, 11) is -4.07. The maximum absolute atomic E-state index is 13.4. The second-order valence-electron chi connectivity index (χ2n) is 8.07. The average Bonchev–Trinajstić information content (AvgIpc) is 2.79. The van der Waals surface area contributed by atoms with Gasteiger partial charge in [0, 0.05) is 12.6 Å². The van der Waals surface area contributed by atoms with Crippen LogP contribution in [-0.4, -0.2) is 25.3 Å². The highest BCUT2D eigenvalue weighted by Gasteiger charge is 2.26. The van der Waals surface area contributed by atoms with Crippen LogP contribution in [0.5, 0.6) is 5.75 Å². The van der Waals surface area contributed by atoms with Gasteiger partial charge in [-0.1, -0.05) is 49.4 Å². The number of halogens is 1. The van der Waals surface area contributed by atoms with Crippen LogP contribution in [0, 0.1) is 5.82 Å². The zero-order valence-corrected chi connectivity index (χ0v) is 19.8. The molecule has 0 aliphatic heterocycles. The molecule has 0 saturated heterocycles. The van der Waals surface area contributed by atoms with Crippen LogP contribution in [0.25, 0.3) is 0 Å². The molecule has 0 heterocycles. The van der Waals surface area contributed by atoms with E-state index < -0.39 is 15.9 Å². The Morgan fingerprint density at radius 3 is 2.09 bits per heavy atom. The van der Waals surface area contributed by atoms with Gasteiger partial charge in [-0.3, -0.25) is 4.79 Å². The minimum absolute atomic E-state index is 0.00922. The summed E-state index contributed by atoms with van der Waals surface area (Å²) in [6.07, 6.45) is 0.695.